The zero-order valence-corrected chi connectivity index (χ0v) is 12.3. The van der Waals surface area contributed by atoms with E-state index in [2.05, 4.69) is 27.7 Å². The van der Waals surface area contributed by atoms with Gasteiger partial charge in [-0.3, -0.25) is 0 Å². The molecule has 0 aromatic heterocycles. The monoisotopic (exact) mass is 268 g/mol. The second-order valence-electron chi connectivity index (χ2n) is 6.06. The lowest BCUT2D eigenvalue weighted by Gasteiger charge is -2.27. The van der Waals surface area contributed by atoms with E-state index in [0.29, 0.717) is 5.88 Å². The van der Waals surface area contributed by atoms with Crippen LogP contribution < -0.4 is 4.74 Å². The largest absolute Gasteiger partial charge is 0.487 e. The Bertz CT molecular complexity index is 426. The first-order chi connectivity index (χ1) is 8.32. The Hall–Kier alpha value is -0.730. The van der Waals surface area contributed by atoms with Gasteiger partial charge < -0.3 is 9.47 Å². The van der Waals surface area contributed by atoms with Gasteiger partial charge in [0.25, 0.3) is 0 Å². The van der Waals surface area contributed by atoms with E-state index in [1.807, 2.05) is 24.3 Å². The van der Waals surface area contributed by atoms with Crippen molar-refractivity contribution in [1.29, 1.82) is 0 Å². The highest BCUT2D eigenvalue weighted by atomic mass is 35.5. The lowest BCUT2D eigenvalue weighted by atomic mass is 9.97. The Balaban J connectivity index is 2.13. The highest BCUT2D eigenvalue weighted by Gasteiger charge is 2.47. The molecule has 0 amide bonds. The third-order valence-electron chi connectivity index (χ3n) is 3.32. The molecule has 0 bridgehead atoms. The van der Waals surface area contributed by atoms with Crippen molar-refractivity contribution < 1.29 is 9.47 Å². The van der Waals surface area contributed by atoms with Crippen LogP contribution in [0.5, 0.6) is 5.75 Å². The number of ether oxygens (including phenoxy) is 2. The average molecular weight is 269 g/mol. The predicted molar refractivity (Wildman–Crippen MR) is 74.3 cm³/mol. The summed E-state index contributed by atoms with van der Waals surface area (Å²) in [7, 11) is 0. The fourth-order valence-electron chi connectivity index (χ4n) is 2.56. The van der Waals surface area contributed by atoms with E-state index >= 15 is 0 Å². The molecule has 3 heteroatoms. The molecule has 0 N–H and O–H groups in total. The maximum absolute atomic E-state index is 6.09. The molecule has 1 aromatic carbocycles. The molecule has 1 saturated heterocycles. The summed E-state index contributed by atoms with van der Waals surface area (Å²) in [5.41, 5.74) is 0.684. The van der Waals surface area contributed by atoms with E-state index in [1.165, 1.54) is 0 Å². The Labute approximate surface area is 114 Å². The molecule has 1 fully saturated rings. The molecule has 1 aliphatic rings. The molecule has 2 rings (SSSR count). The van der Waals surface area contributed by atoms with Crippen LogP contribution in [0, 0.1) is 0 Å². The molecule has 0 radical (unpaired) electrons. The summed E-state index contributed by atoms with van der Waals surface area (Å²) in [6.45, 7) is 8.37. The number of rotatable bonds is 3. The summed E-state index contributed by atoms with van der Waals surface area (Å²) in [4.78, 5) is 0. The zero-order valence-electron chi connectivity index (χ0n) is 11.5. The van der Waals surface area contributed by atoms with Crippen molar-refractivity contribution in [2.75, 3.05) is 0 Å². The summed E-state index contributed by atoms with van der Waals surface area (Å²) < 4.78 is 12.1. The molecular formula is C15H21ClO2. The molecule has 1 aliphatic heterocycles. The first kappa shape index (κ1) is 13.7. The normalized spacial score (nSPS) is 25.1. The number of halogens is 1. The lowest BCUT2D eigenvalue weighted by Crippen LogP contribution is -2.36. The number of hydrogen-bond acceptors (Lipinski definition) is 2. The molecule has 0 saturated carbocycles. The van der Waals surface area contributed by atoms with E-state index in [4.69, 9.17) is 21.1 Å². The molecule has 1 heterocycles. The van der Waals surface area contributed by atoms with Gasteiger partial charge in [0.05, 0.1) is 5.60 Å². The van der Waals surface area contributed by atoms with E-state index in [1.54, 1.807) is 0 Å². The van der Waals surface area contributed by atoms with Crippen molar-refractivity contribution >= 4 is 11.6 Å². The predicted octanol–water partition coefficient (Wildman–Crippen LogP) is 4.15. The van der Waals surface area contributed by atoms with Crippen LogP contribution in [0.1, 0.15) is 39.7 Å². The van der Waals surface area contributed by atoms with Gasteiger partial charge in [0.1, 0.15) is 17.5 Å². The van der Waals surface area contributed by atoms with Crippen molar-refractivity contribution in [3.8, 4) is 5.75 Å². The summed E-state index contributed by atoms with van der Waals surface area (Å²) in [6, 6.07) is 7.94. The van der Waals surface area contributed by atoms with Crippen molar-refractivity contribution in [1.82, 2.24) is 0 Å². The molecule has 1 aromatic rings. The van der Waals surface area contributed by atoms with E-state index in [0.717, 1.165) is 17.7 Å². The fourth-order valence-corrected chi connectivity index (χ4v) is 2.73. The van der Waals surface area contributed by atoms with Crippen LogP contribution in [-0.2, 0) is 10.6 Å². The number of hydrogen-bond donors (Lipinski definition) is 0. The van der Waals surface area contributed by atoms with Crippen LogP contribution in [0.15, 0.2) is 24.3 Å². The number of alkyl halides is 1. The van der Waals surface area contributed by atoms with Gasteiger partial charge >= 0.3 is 0 Å². The Morgan fingerprint density at radius 3 is 2.61 bits per heavy atom. The Kier molecular flexibility index (Phi) is 3.61. The van der Waals surface area contributed by atoms with Gasteiger partial charge in [-0.25, -0.2) is 0 Å². The topological polar surface area (TPSA) is 18.5 Å². The van der Waals surface area contributed by atoms with Gasteiger partial charge in [-0.1, -0.05) is 12.1 Å². The van der Waals surface area contributed by atoms with Crippen molar-refractivity contribution in [2.24, 2.45) is 0 Å². The van der Waals surface area contributed by atoms with Crippen LogP contribution in [0.2, 0.25) is 0 Å². The van der Waals surface area contributed by atoms with Gasteiger partial charge in [-0.2, -0.15) is 0 Å². The average Bonchev–Trinajstić information content (AvgIpc) is 2.47. The summed E-state index contributed by atoms with van der Waals surface area (Å²) in [6.07, 6.45) is 0.962. The van der Waals surface area contributed by atoms with Gasteiger partial charge in [0.15, 0.2) is 0 Å². The highest BCUT2D eigenvalue weighted by Crippen LogP contribution is 2.39. The summed E-state index contributed by atoms with van der Waals surface area (Å²) in [5.74, 6) is 1.38. The lowest BCUT2D eigenvalue weighted by molar-refractivity contribution is -0.0846. The maximum atomic E-state index is 6.09. The van der Waals surface area contributed by atoms with Gasteiger partial charge in [0, 0.05) is 12.3 Å². The SMILES string of the molecule is CC1(C)CC(Oc2cccc(CCl)c2)C(C)(C)O1. The van der Waals surface area contributed by atoms with E-state index in [-0.39, 0.29) is 17.3 Å². The first-order valence-electron chi connectivity index (χ1n) is 6.34. The quantitative estimate of drug-likeness (QED) is 0.767. The van der Waals surface area contributed by atoms with Crippen molar-refractivity contribution in [2.45, 2.75) is 57.3 Å². The second-order valence-corrected chi connectivity index (χ2v) is 6.32. The van der Waals surface area contributed by atoms with Gasteiger partial charge in [0.2, 0.25) is 0 Å². The van der Waals surface area contributed by atoms with Crippen LogP contribution in [0.4, 0.5) is 0 Å². The first-order valence-corrected chi connectivity index (χ1v) is 6.88. The Morgan fingerprint density at radius 1 is 1.33 bits per heavy atom. The number of benzene rings is 1. The second kappa shape index (κ2) is 4.75. The molecule has 0 spiro atoms. The van der Waals surface area contributed by atoms with E-state index in [9.17, 15) is 0 Å². The minimum absolute atomic E-state index is 0.0677. The van der Waals surface area contributed by atoms with Crippen LogP contribution in [0.3, 0.4) is 0 Å². The molecule has 1 unspecified atom stereocenters. The molecule has 2 nitrogen and oxygen atoms in total. The zero-order chi connectivity index (χ0) is 13.4. The molecule has 18 heavy (non-hydrogen) atoms. The fraction of sp³-hybridized carbons (Fsp3) is 0.600. The minimum Gasteiger partial charge on any atom is -0.487 e. The van der Waals surface area contributed by atoms with Crippen LogP contribution in [-0.4, -0.2) is 17.3 Å². The third kappa shape index (κ3) is 2.99. The summed E-state index contributed by atoms with van der Waals surface area (Å²) in [5, 5.41) is 0. The van der Waals surface area contributed by atoms with Gasteiger partial charge in [-0.15, -0.1) is 11.6 Å². The molecular weight excluding hydrogens is 248 g/mol. The standard InChI is InChI=1S/C15H21ClO2/c1-14(2)9-13(15(3,4)18-14)17-12-7-5-6-11(8-12)10-16/h5-8,13H,9-10H2,1-4H3. The highest BCUT2D eigenvalue weighted by molar-refractivity contribution is 6.17. The smallest absolute Gasteiger partial charge is 0.130 e. The van der Waals surface area contributed by atoms with E-state index < -0.39 is 0 Å². The van der Waals surface area contributed by atoms with Gasteiger partial charge in [-0.05, 0) is 45.4 Å². The molecule has 0 aliphatic carbocycles. The maximum Gasteiger partial charge on any atom is 0.130 e. The molecule has 100 valence electrons. The van der Waals surface area contributed by atoms with Crippen molar-refractivity contribution in [3.05, 3.63) is 29.8 Å². The third-order valence-corrected chi connectivity index (χ3v) is 3.63. The van der Waals surface area contributed by atoms with Crippen molar-refractivity contribution in [3.63, 3.8) is 0 Å². The van der Waals surface area contributed by atoms with Crippen LogP contribution >= 0.6 is 11.6 Å². The Morgan fingerprint density at radius 2 is 2.06 bits per heavy atom. The summed E-state index contributed by atoms with van der Waals surface area (Å²) >= 11 is 5.84. The molecule has 1 atom stereocenters. The van der Waals surface area contributed by atoms with Crippen LogP contribution in [0.25, 0.3) is 0 Å². The minimum atomic E-state index is -0.263.